The third kappa shape index (κ3) is 4.90. The van der Waals surface area contributed by atoms with Gasteiger partial charge in [0.2, 0.25) is 17.7 Å². The minimum atomic E-state index is -0.391. The van der Waals surface area contributed by atoms with E-state index in [1.165, 1.54) is 0 Å². The number of hydrogen-bond donors (Lipinski definition) is 2. The first-order valence-corrected chi connectivity index (χ1v) is 9.57. The standard InChI is InChI=1S/C23H25N3O3/c1-4-21(27)24-13-23(29)26(14-18-11-15(2)5-6-16(18)3)19-8-9-20-17(12-19)7-10-22(28)25-20/h4-6,8-9,11-12H,1,7,10,13-14H2,2-3H3,(H,24,27)(H,25,28). The number of nitrogens with zero attached hydrogens (tertiary/aromatic N) is 1. The third-order valence-corrected chi connectivity index (χ3v) is 5.03. The molecule has 150 valence electrons. The van der Waals surface area contributed by atoms with Gasteiger partial charge in [0.15, 0.2) is 0 Å². The smallest absolute Gasteiger partial charge is 0.246 e. The van der Waals surface area contributed by atoms with Crippen LogP contribution in [0.15, 0.2) is 49.1 Å². The Morgan fingerprint density at radius 1 is 1.17 bits per heavy atom. The SMILES string of the molecule is C=CC(=O)NCC(=O)N(Cc1cc(C)ccc1C)c1ccc2c(c1)CCC(=O)N2. The van der Waals surface area contributed by atoms with Gasteiger partial charge in [-0.25, -0.2) is 0 Å². The van der Waals surface area contributed by atoms with E-state index in [9.17, 15) is 14.4 Å². The van der Waals surface area contributed by atoms with Crippen LogP contribution in [0, 0.1) is 13.8 Å². The fourth-order valence-corrected chi connectivity index (χ4v) is 3.33. The maximum absolute atomic E-state index is 13.0. The van der Waals surface area contributed by atoms with E-state index in [-0.39, 0.29) is 18.4 Å². The van der Waals surface area contributed by atoms with Crippen molar-refractivity contribution in [3.8, 4) is 0 Å². The number of carbonyl (C=O) groups excluding carboxylic acids is 3. The highest BCUT2D eigenvalue weighted by molar-refractivity contribution is 5.99. The van der Waals surface area contributed by atoms with Gasteiger partial charge in [-0.05, 0) is 61.2 Å². The molecule has 6 nitrogen and oxygen atoms in total. The van der Waals surface area contributed by atoms with Crippen molar-refractivity contribution in [2.75, 3.05) is 16.8 Å². The van der Waals surface area contributed by atoms with Gasteiger partial charge in [-0.1, -0.05) is 30.3 Å². The average Bonchev–Trinajstić information content (AvgIpc) is 2.71. The highest BCUT2D eigenvalue weighted by Gasteiger charge is 2.21. The fraction of sp³-hybridized carbons (Fsp3) is 0.261. The predicted octanol–water partition coefficient (Wildman–Crippen LogP) is 3.02. The van der Waals surface area contributed by atoms with Crippen LogP contribution in [0.3, 0.4) is 0 Å². The molecule has 3 amide bonds. The Morgan fingerprint density at radius 2 is 1.97 bits per heavy atom. The molecule has 3 rings (SSSR count). The molecule has 1 aliphatic heterocycles. The number of amides is 3. The van der Waals surface area contributed by atoms with Gasteiger partial charge in [-0.2, -0.15) is 0 Å². The topological polar surface area (TPSA) is 78.5 Å². The maximum Gasteiger partial charge on any atom is 0.246 e. The first-order chi connectivity index (χ1) is 13.9. The zero-order valence-electron chi connectivity index (χ0n) is 16.7. The molecule has 1 aliphatic rings. The van der Waals surface area contributed by atoms with Crippen molar-refractivity contribution in [1.82, 2.24) is 5.32 Å². The van der Waals surface area contributed by atoms with Gasteiger partial charge >= 0.3 is 0 Å². The third-order valence-electron chi connectivity index (χ3n) is 5.03. The molecular weight excluding hydrogens is 366 g/mol. The van der Waals surface area contributed by atoms with Crippen molar-refractivity contribution in [3.05, 3.63) is 71.3 Å². The van der Waals surface area contributed by atoms with E-state index in [1.807, 2.05) is 44.2 Å². The average molecular weight is 391 g/mol. The van der Waals surface area contributed by atoms with E-state index in [2.05, 4.69) is 23.3 Å². The molecule has 0 unspecified atom stereocenters. The lowest BCUT2D eigenvalue weighted by atomic mass is 10.0. The van der Waals surface area contributed by atoms with E-state index < -0.39 is 5.91 Å². The molecule has 0 spiro atoms. The van der Waals surface area contributed by atoms with E-state index >= 15 is 0 Å². The largest absolute Gasteiger partial charge is 0.343 e. The second-order valence-electron chi connectivity index (χ2n) is 7.22. The quantitative estimate of drug-likeness (QED) is 0.743. The molecule has 0 radical (unpaired) electrons. The monoisotopic (exact) mass is 391 g/mol. The van der Waals surface area contributed by atoms with E-state index in [4.69, 9.17) is 0 Å². The van der Waals surface area contributed by atoms with E-state index in [0.717, 1.165) is 39.7 Å². The van der Waals surface area contributed by atoms with Gasteiger partial charge < -0.3 is 15.5 Å². The summed E-state index contributed by atoms with van der Waals surface area (Å²) in [5.74, 6) is -0.611. The van der Waals surface area contributed by atoms with Crippen LogP contribution in [0.4, 0.5) is 11.4 Å². The Hall–Kier alpha value is -3.41. The summed E-state index contributed by atoms with van der Waals surface area (Å²) < 4.78 is 0. The van der Waals surface area contributed by atoms with Crippen LogP contribution in [-0.4, -0.2) is 24.3 Å². The zero-order valence-corrected chi connectivity index (χ0v) is 16.7. The summed E-state index contributed by atoms with van der Waals surface area (Å²) in [6.45, 7) is 7.71. The summed E-state index contributed by atoms with van der Waals surface area (Å²) >= 11 is 0. The summed E-state index contributed by atoms with van der Waals surface area (Å²) in [6, 6.07) is 11.7. The van der Waals surface area contributed by atoms with Crippen molar-refractivity contribution >= 4 is 29.1 Å². The van der Waals surface area contributed by atoms with Crippen LogP contribution in [0.5, 0.6) is 0 Å². The lowest BCUT2D eigenvalue weighted by Gasteiger charge is -2.26. The molecule has 1 heterocycles. The lowest BCUT2D eigenvalue weighted by molar-refractivity contribution is -0.122. The number of aryl methyl sites for hydroxylation is 3. The molecule has 0 atom stereocenters. The van der Waals surface area contributed by atoms with Crippen molar-refractivity contribution in [3.63, 3.8) is 0 Å². The molecule has 29 heavy (non-hydrogen) atoms. The number of carbonyl (C=O) groups is 3. The van der Waals surface area contributed by atoms with Gasteiger partial charge in [0.05, 0.1) is 13.1 Å². The molecule has 2 N–H and O–H groups in total. The van der Waals surface area contributed by atoms with E-state index in [1.54, 1.807) is 4.90 Å². The van der Waals surface area contributed by atoms with Crippen LogP contribution in [-0.2, 0) is 27.3 Å². The molecule has 2 aromatic rings. The summed E-state index contributed by atoms with van der Waals surface area (Å²) in [5.41, 5.74) is 5.76. The molecular formula is C23H25N3O3. The van der Waals surface area contributed by atoms with Crippen LogP contribution in [0.1, 0.15) is 28.7 Å². The Kier molecular flexibility index (Phi) is 6.12. The molecule has 0 aliphatic carbocycles. The predicted molar refractivity (Wildman–Crippen MR) is 114 cm³/mol. The number of benzene rings is 2. The Labute approximate surface area is 170 Å². The minimum absolute atomic E-state index is 0.000653. The van der Waals surface area contributed by atoms with Crippen molar-refractivity contribution in [1.29, 1.82) is 0 Å². The van der Waals surface area contributed by atoms with Crippen LogP contribution in [0.2, 0.25) is 0 Å². The van der Waals surface area contributed by atoms with Gasteiger partial charge in [0.1, 0.15) is 0 Å². The number of nitrogens with one attached hydrogen (secondary N) is 2. The number of fused-ring (bicyclic) bond motifs is 1. The number of hydrogen-bond acceptors (Lipinski definition) is 3. The normalized spacial score (nSPS) is 12.6. The Bertz CT molecular complexity index is 981. The van der Waals surface area contributed by atoms with Gasteiger partial charge in [-0.15, -0.1) is 0 Å². The first-order valence-electron chi connectivity index (χ1n) is 9.57. The molecule has 2 aromatic carbocycles. The number of anilines is 2. The van der Waals surface area contributed by atoms with Gasteiger partial charge in [-0.3, -0.25) is 14.4 Å². The number of rotatable bonds is 6. The minimum Gasteiger partial charge on any atom is -0.343 e. The van der Waals surface area contributed by atoms with Crippen molar-refractivity contribution < 1.29 is 14.4 Å². The summed E-state index contributed by atoms with van der Waals surface area (Å²) in [4.78, 5) is 37.8. The van der Waals surface area contributed by atoms with Crippen molar-refractivity contribution in [2.24, 2.45) is 0 Å². The molecule has 6 heteroatoms. The molecule has 0 fully saturated rings. The molecule has 0 saturated heterocycles. The molecule has 0 bridgehead atoms. The highest BCUT2D eigenvalue weighted by Crippen LogP contribution is 2.29. The van der Waals surface area contributed by atoms with E-state index in [0.29, 0.717) is 19.4 Å². The molecule has 0 aromatic heterocycles. The molecule has 0 saturated carbocycles. The van der Waals surface area contributed by atoms with Crippen LogP contribution >= 0.6 is 0 Å². The zero-order chi connectivity index (χ0) is 21.0. The summed E-state index contributed by atoms with van der Waals surface area (Å²) in [7, 11) is 0. The lowest BCUT2D eigenvalue weighted by Crippen LogP contribution is -2.39. The van der Waals surface area contributed by atoms with Crippen LogP contribution < -0.4 is 15.5 Å². The van der Waals surface area contributed by atoms with Crippen molar-refractivity contribution in [2.45, 2.75) is 33.2 Å². The first kappa shape index (κ1) is 20.3. The van der Waals surface area contributed by atoms with Gasteiger partial charge in [0, 0.05) is 17.8 Å². The Balaban J connectivity index is 1.92. The second-order valence-corrected chi connectivity index (χ2v) is 7.22. The second kappa shape index (κ2) is 8.73. The fourth-order valence-electron chi connectivity index (χ4n) is 3.33. The van der Waals surface area contributed by atoms with Crippen LogP contribution in [0.25, 0.3) is 0 Å². The summed E-state index contributed by atoms with van der Waals surface area (Å²) in [6.07, 6.45) is 2.20. The summed E-state index contributed by atoms with van der Waals surface area (Å²) in [5, 5.41) is 5.42. The Morgan fingerprint density at radius 3 is 2.72 bits per heavy atom. The van der Waals surface area contributed by atoms with Gasteiger partial charge in [0.25, 0.3) is 0 Å². The maximum atomic E-state index is 13.0. The highest BCUT2D eigenvalue weighted by atomic mass is 16.2.